The molecule has 1 nitrogen and oxygen atoms in total. The van der Waals surface area contributed by atoms with Crippen molar-refractivity contribution in [2.24, 2.45) is 29.6 Å². The molecule has 0 unspecified atom stereocenters. The van der Waals surface area contributed by atoms with Crippen LogP contribution in [-0.2, 0) is 6.54 Å². The van der Waals surface area contributed by atoms with E-state index in [0.717, 1.165) is 36.1 Å². The van der Waals surface area contributed by atoms with E-state index >= 15 is 0 Å². The summed E-state index contributed by atoms with van der Waals surface area (Å²) in [6.07, 6.45) is 7.74. The van der Waals surface area contributed by atoms with Gasteiger partial charge in [-0.1, -0.05) is 18.2 Å². The van der Waals surface area contributed by atoms with Crippen molar-refractivity contribution in [3.05, 3.63) is 34.9 Å². The standard InChI is InChI=1S/C20H29N/c1-13-3-4-15(5-14(13)2)11-21-12-20-18-7-16-6-17(9-18)10-19(20)8-16/h3-5,16-21H,6-12H2,1-2H3. The highest BCUT2D eigenvalue weighted by atomic mass is 14.9. The Labute approximate surface area is 129 Å². The summed E-state index contributed by atoms with van der Waals surface area (Å²) in [5.74, 6) is 5.28. The second-order valence-corrected chi connectivity index (χ2v) is 8.14. The Kier molecular flexibility index (Phi) is 3.57. The zero-order chi connectivity index (χ0) is 14.4. The summed E-state index contributed by atoms with van der Waals surface area (Å²) in [5, 5.41) is 3.78. The first-order valence-corrected chi connectivity index (χ1v) is 8.96. The topological polar surface area (TPSA) is 12.0 Å². The van der Waals surface area contributed by atoms with E-state index < -0.39 is 0 Å². The van der Waals surface area contributed by atoms with E-state index in [1.807, 2.05) is 0 Å². The normalized spacial score (nSPS) is 37.1. The minimum atomic E-state index is 0.976. The number of hydrogen-bond donors (Lipinski definition) is 1. The van der Waals surface area contributed by atoms with E-state index in [-0.39, 0.29) is 0 Å². The lowest BCUT2D eigenvalue weighted by Gasteiger charge is -2.54. The molecule has 21 heavy (non-hydrogen) atoms. The molecule has 5 rings (SSSR count). The van der Waals surface area contributed by atoms with E-state index in [0.29, 0.717) is 0 Å². The van der Waals surface area contributed by atoms with Crippen molar-refractivity contribution in [2.75, 3.05) is 6.54 Å². The monoisotopic (exact) mass is 283 g/mol. The van der Waals surface area contributed by atoms with Gasteiger partial charge in [-0.25, -0.2) is 0 Å². The third-order valence-electron chi connectivity index (χ3n) is 6.70. The fourth-order valence-corrected chi connectivity index (χ4v) is 5.67. The van der Waals surface area contributed by atoms with Gasteiger partial charge in [-0.15, -0.1) is 0 Å². The molecule has 0 saturated heterocycles. The molecule has 1 heteroatoms. The minimum Gasteiger partial charge on any atom is -0.312 e. The Balaban J connectivity index is 1.34. The van der Waals surface area contributed by atoms with E-state index in [1.54, 1.807) is 32.1 Å². The van der Waals surface area contributed by atoms with Crippen LogP contribution in [0.3, 0.4) is 0 Å². The molecule has 0 spiro atoms. The van der Waals surface area contributed by atoms with E-state index in [2.05, 4.69) is 37.4 Å². The average molecular weight is 283 g/mol. The van der Waals surface area contributed by atoms with Crippen LogP contribution < -0.4 is 5.32 Å². The molecule has 4 saturated carbocycles. The molecule has 1 aromatic rings. The van der Waals surface area contributed by atoms with Gasteiger partial charge >= 0.3 is 0 Å². The number of nitrogens with one attached hydrogen (secondary N) is 1. The van der Waals surface area contributed by atoms with Crippen LogP contribution in [0.4, 0.5) is 0 Å². The van der Waals surface area contributed by atoms with Gasteiger partial charge < -0.3 is 5.32 Å². The highest BCUT2D eigenvalue weighted by molar-refractivity contribution is 5.29. The quantitative estimate of drug-likeness (QED) is 0.860. The Morgan fingerprint density at radius 3 is 2.19 bits per heavy atom. The number of aryl methyl sites for hydroxylation is 2. The van der Waals surface area contributed by atoms with Gasteiger partial charge in [0.25, 0.3) is 0 Å². The second-order valence-electron chi connectivity index (χ2n) is 8.14. The molecule has 4 aliphatic rings. The molecule has 1 aromatic carbocycles. The van der Waals surface area contributed by atoms with Gasteiger partial charge in [0, 0.05) is 6.54 Å². The zero-order valence-corrected chi connectivity index (χ0v) is 13.6. The van der Waals surface area contributed by atoms with E-state index in [9.17, 15) is 0 Å². The lowest BCUT2D eigenvalue weighted by atomic mass is 9.52. The van der Waals surface area contributed by atoms with Crippen molar-refractivity contribution in [3.63, 3.8) is 0 Å². The molecule has 4 fully saturated rings. The summed E-state index contributed by atoms with van der Waals surface area (Å²) < 4.78 is 0. The van der Waals surface area contributed by atoms with E-state index in [1.165, 1.54) is 23.2 Å². The van der Waals surface area contributed by atoms with Crippen LogP contribution in [0.25, 0.3) is 0 Å². The van der Waals surface area contributed by atoms with Crippen molar-refractivity contribution >= 4 is 0 Å². The molecule has 0 amide bonds. The van der Waals surface area contributed by atoms with Crippen molar-refractivity contribution in [1.29, 1.82) is 0 Å². The Bertz CT molecular complexity index is 491. The smallest absolute Gasteiger partial charge is 0.0205 e. The van der Waals surface area contributed by atoms with Crippen molar-refractivity contribution in [3.8, 4) is 0 Å². The maximum Gasteiger partial charge on any atom is 0.0205 e. The molecule has 0 aliphatic heterocycles. The van der Waals surface area contributed by atoms with Crippen LogP contribution in [0.1, 0.15) is 48.8 Å². The summed E-state index contributed by atoms with van der Waals surface area (Å²) in [7, 11) is 0. The van der Waals surface area contributed by atoms with Crippen LogP contribution in [-0.4, -0.2) is 6.54 Å². The fourth-order valence-electron chi connectivity index (χ4n) is 5.67. The Morgan fingerprint density at radius 1 is 0.905 bits per heavy atom. The van der Waals surface area contributed by atoms with Crippen molar-refractivity contribution < 1.29 is 0 Å². The largest absolute Gasteiger partial charge is 0.312 e. The predicted octanol–water partition coefficient (Wildman–Crippen LogP) is 4.47. The average Bonchev–Trinajstić information content (AvgIpc) is 2.45. The van der Waals surface area contributed by atoms with Crippen LogP contribution in [0.5, 0.6) is 0 Å². The lowest BCUT2D eigenvalue weighted by Crippen LogP contribution is -2.48. The minimum absolute atomic E-state index is 0.976. The van der Waals surface area contributed by atoms with Crippen molar-refractivity contribution in [2.45, 2.75) is 52.5 Å². The molecule has 114 valence electrons. The third kappa shape index (κ3) is 2.65. The highest BCUT2D eigenvalue weighted by Gasteiger charge is 2.47. The van der Waals surface area contributed by atoms with Crippen LogP contribution in [0.2, 0.25) is 0 Å². The lowest BCUT2D eigenvalue weighted by molar-refractivity contribution is -0.0355. The highest BCUT2D eigenvalue weighted by Crippen LogP contribution is 2.56. The van der Waals surface area contributed by atoms with Gasteiger partial charge in [0.1, 0.15) is 0 Å². The molecule has 0 aromatic heterocycles. The van der Waals surface area contributed by atoms with Crippen LogP contribution in [0.15, 0.2) is 18.2 Å². The maximum atomic E-state index is 3.78. The fraction of sp³-hybridized carbons (Fsp3) is 0.700. The number of benzene rings is 1. The SMILES string of the molecule is Cc1ccc(CNCC2C3CC4CC(C3)CC2C4)cc1C. The van der Waals surface area contributed by atoms with Crippen LogP contribution >= 0.6 is 0 Å². The summed E-state index contributed by atoms with van der Waals surface area (Å²) >= 11 is 0. The summed E-state index contributed by atoms with van der Waals surface area (Å²) in [6.45, 7) is 6.71. The van der Waals surface area contributed by atoms with Gasteiger partial charge in [0.2, 0.25) is 0 Å². The van der Waals surface area contributed by atoms with E-state index in [4.69, 9.17) is 0 Å². The molecule has 0 radical (unpaired) electrons. The zero-order valence-electron chi connectivity index (χ0n) is 13.6. The van der Waals surface area contributed by atoms with Gasteiger partial charge in [-0.2, -0.15) is 0 Å². The van der Waals surface area contributed by atoms with Crippen molar-refractivity contribution in [1.82, 2.24) is 5.32 Å². The Hall–Kier alpha value is -0.820. The molecular formula is C20H29N. The van der Waals surface area contributed by atoms with Gasteiger partial charge in [0.15, 0.2) is 0 Å². The van der Waals surface area contributed by atoms with Crippen LogP contribution in [0, 0.1) is 43.4 Å². The molecule has 4 aliphatic carbocycles. The first-order valence-electron chi connectivity index (χ1n) is 8.96. The first kappa shape index (κ1) is 13.8. The maximum absolute atomic E-state index is 3.78. The summed E-state index contributed by atoms with van der Waals surface area (Å²) in [4.78, 5) is 0. The van der Waals surface area contributed by atoms with Gasteiger partial charge in [-0.05, 0) is 98.8 Å². The number of hydrogen-bond acceptors (Lipinski definition) is 1. The second kappa shape index (κ2) is 5.43. The first-order chi connectivity index (χ1) is 10.2. The third-order valence-corrected chi connectivity index (χ3v) is 6.70. The molecular weight excluding hydrogens is 254 g/mol. The molecule has 0 heterocycles. The van der Waals surface area contributed by atoms with Gasteiger partial charge in [-0.3, -0.25) is 0 Å². The predicted molar refractivity (Wildman–Crippen MR) is 88.2 cm³/mol. The molecule has 0 atom stereocenters. The number of rotatable bonds is 4. The summed E-state index contributed by atoms with van der Waals surface area (Å²) in [6, 6.07) is 6.89. The summed E-state index contributed by atoms with van der Waals surface area (Å²) in [5.41, 5.74) is 4.27. The molecule has 1 N–H and O–H groups in total. The molecule has 4 bridgehead atoms. The Morgan fingerprint density at radius 2 is 1.57 bits per heavy atom. The van der Waals surface area contributed by atoms with Gasteiger partial charge in [0.05, 0.1) is 0 Å².